The number of H-pyrrole nitrogens is 2. The standard InChI is InChI=1S/C28H23FN6/c1-16-7-17(9-20(29)8-16)22-5-4-6-25-23(22)12-26(32-25)27-24-11-19(14-31-28(24)34-33-27)18-10-21(35(2)3)15-30-13-18/h4-15,32H,1-3H3,(H,31,33,34). The highest BCUT2D eigenvalue weighted by atomic mass is 19.1. The van der Waals surface area contributed by atoms with Crippen LogP contribution in [-0.4, -0.2) is 39.2 Å². The lowest BCUT2D eigenvalue weighted by Gasteiger charge is -2.12. The minimum Gasteiger partial charge on any atom is -0.376 e. The van der Waals surface area contributed by atoms with Crippen molar-refractivity contribution < 1.29 is 4.39 Å². The van der Waals surface area contributed by atoms with Crippen molar-refractivity contribution in [2.45, 2.75) is 6.92 Å². The molecule has 0 aliphatic heterocycles. The quantitative estimate of drug-likeness (QED) is 0.320. The van der Waals surface area contributed by atoms with Gasteiger partial charge in [0.2, 0.25) is 0 Å². The Kier molecular flexibility index (Phi) is 4.84. The van der Waals surface area contributed by atoms with Crippen LogP contribution in [0.5, 0.6) is 0 Å². The summed E-state index contributed by atoms with van der Waals surface area (Å²) in [5.41, 5.74) is 8.99. The highest BCUT2D eigenvalue weighted by Crippen LogP contribution is 2.35. The van der Waals surface area contributed by atoms with E-state index in [0.29, 0.717) is 5.65 Å². The normalized spacial score (nSPS) is 11.4. The SMILES string of the molecule is Cc1cc(F)cc(-c2cccc3[nH]c(-c4n[nH]c5ncc(-c6cncc(N(C)C)c6)cc45)cc23)c1. The van der Waals surface area contributed by atoms with Gasteiger partial charge in [0.15, 0.2) is 5.65 Å². The zero-order chi connectivity index (χ0) is 24.1. The fraction of sp³-hybridized carbons (Fsp3) is 0.107. The molecule has 4 aromatic heterocycles. The largest absolute Gasteiger partial charge is 0.376 e. The van der Waals surface area contributed by atoms with E-state index in [4.69, 9.17) is 0 Å². The molecule has 0 aliphatic carbocycles. The van der Waals surface area contributed by atoms with E-state index in [2.05, 4.69) is 43.3 Å². The summed E-state index contributed by atoms with van der Waals surface area (Å²) in [5, 5.41) is 9.53. The van der Waals surface area contributed by atoms with Gasteiger partial charge in [-0.05, 0) is 60.0 Å². The molecule has 4 heterocycles. The average Bonchev–Trinajstić information content (AvgIpc) is 3.47. The van der Waals surface area contributed by atoms with E-state index < -0.39 is 0 Å². The number of halogens is 1. The number of rotatable bonds is 4. The molecular weight excluding hydrogens is 439 g/mol. The van der Waals surface area contributed by atoms with E-state index in [1.165, 1.54) is 6.07 Å². The topological polar surface area (TPSA) is 73.5 Å². The van der Waals surface area contributed by atoms with Crippen molar-refractivity contribution in [2.75, 3.05) is 19.0 Å². The van der Waals surface area contributed by atoms with E-state index in [0.717, 1.165) is 61.2 Å². The number of aryl methyl sites for hydroxylation is 1. The van der Waals surface area contributed by atoms with E-state index in [1.54, 1.807) is 6.07 Å². The number of benzene rings is 2. The lowest BCUT2D eigenvalue weighted by atomic mass is 9.99. The fourth-order valence-electron chi connectivity index (χ4n) is 4.52. The van der Waals surface area contributed by atoms with Crippen LogP contribution in [0.1, 0.15) is 5.56 Å². The molecule has 0 aliphatic rings. The lowest BCUT2D eigenvalue weighted by molar-refractivity contribution is 0.627. The molecule has 0 unspecified atom stereocenters. The second-order valence-electron chi connectivity index (χ2n) is 8.99. The highest BCUT2D eigenvalue weighted by molar-refractivity contribution is 6.01. The average molecular weight is 463 g/mol. The number of fused-ring (bicyclic) bond motifs is 2. The summed E-state index contributed by atoms with van der Waals surface area (Å²) < 4.78 is 14.1. The monoisotopic (exact) mass is 462 g/mol. The smallest absolute Gasteiger partial charge is 0.155 e. The molecule has 6 rings (SSSR count). The van der Waals surface area contributed by atoms with Gasteiger partial charge in [-0.3, -0.25) is 10.1 Å². The van der Waals surface area contributed by atoms with Crippen molar-refractivity contribution >= 4 is 27.6 Å². The molecule has 0 amide bonds. The lowest BCUT2D eigenvalue weighted by Crippen LogP contribution is -2.08. The van der Waals surface area contributed by atoms with Crippen LogP contribution in [0.25, 0.3) is 55.6 Å². The molecule has 0 bridgehead atoms. The molecule has 0 fully saturated rings. The number of nitrogens with zero attached hydrogens (tertiary/aromatic N) is 4. The maximum atomic E-state index is 14.1. The predicted octanol–water partition coefficient (Wildman–Crippen LogP) is 6.35. The Balaban J connectivity index is 1.48. The first-order valence-corrected chi connectivity index (χ1v) is 11.3. The Bertz CT molecular complexity index is 1690. The number of hydrogen-bond acceptors (Lipinski definition) is 4. The highest BCUT2D eigenvalue weighted by Gasteiger charge is 2.15. The first-order valence-electron chi connectivity index (χ1n) is 11.3. The fourth-order valence-corrected chi connectivity index (χ4v) is 4.52. The molecule has 7 heteroatoms. The van der Waals surface area contributed by atoms with Crippen LogP contribution in [-0.2, 0) is 0 Å². The number of nitrogens with one attached hydrogen (secondary N) is 2. The van der Waals surface area contributed by atoms with Crippen LogP contribution >= 0.6 is 0 Å². The molecule has 0 saturated heterocycles. The zero-order valence-electron chi connectivity index (χ0n) is 19.6. The van der Waals surface area contributed by atoms with Crippen LogP contribution in [0.2, 0.25) is 0 Å². The number of aromatic amines is 2. The maximum Gasteiger partial charge on any atom is 0.155 e. The van der Waals surface area contributed by atoms with Gasteiger partial charge in [-0.25, -0.2) is 9.37 Å². The van der Waals surface area contributed by atoms with Gasteiger partial charge in [0.1, 0.15) is 11.5 Å². The molecule has 0 radical (unpaired) electrons. The summed E-state index contributed by atoms with van der Waals surface area (Å²) in [7, 11) is 3.98. The molecule has 0 spiro atoms. The maximum absolute atomic E-state index is 14.1. The van der Waals surface area contributed by atoms with Crippen molar-refractivity contribution in [1.29, 1.82) is 0 Å². The van der Waals surface area contributed by atoms with Crippen molar-refractivity contribution in [3.8, 4) is 33.6 Å². The van der Waals surface area contributed by atoms with Gasteiger partial charge in [0.25, 0.3) is 0 Å². The van der Waals surface area contributed by atoms with Gasteiger partial charge in [-0.15, -0.1) is 0 Å². The van der Waals surface area contributed by atoms with E-state index >= 15 is 0 Å². The summed E-state index contributed by atoms with van der Waals surface area (Å²) >= 11 is 0. The summed E-state index contributed by atoms with van der Waals surface area (Å²) in [6.45, 7) is 1.90. The van der Waals surface area contributed by atoms with Crippen molar-refractivity contribution in [3.63, 3.8) is 0 Å². The van der Waals surface area contributed by atoms with Crippen LogP contribution in [0.15, 0.2) is 73.2 Å². The molecule has 172 valence electrons. The minimum absolute atomic E-state index is 0.238. The first kappa shape index (κ1) is 21.0. The summed E-state index contributed by atoms with van der Waals surface area (Å²) in [6, 6.07) is 17.4. The van der Waals surface area contributed by atoms with Gasteiger partial charge >= 0.3 is 0 Å². The third-order valence-corrected chi connectivity index (χ3v) is 6.26. The van der Waals surface area contributed by atoms with Crippen LogP contribution in [0.3, 0.4) is 0 Å². The number of pyridine rings is 2. The Morgan fingerprint density at radius 1 is 0.857 bits per heavy atom. The molecule has 6 aromatic rings. The minimum atomic E-state index is -0.238. The Hall–Kier alpha value is -4.52. The van der Waals surface area contributed by atoms with Crippen LogP contribution < -0.4 is 4.90 Å². The van der Waals surface area contributed by atoms with Gasteiger partial charge in [0, 0.05) is 53.9 Å². The Morgan fingerprint density at radius 2 is 1.71 bits per heavy atom. The van der Waals surface area contributed by atoms with Gasteiger partial charge in [-0.1, -0.05) is 18.2 Å². The second kappa shape index (κ2) is 8.06. The van der Waals surface area contributed by atoms with Gasteiger partial charge in [-0.2, -0.15) is 5.10 Å². The van der Waals surface area contributed by atoms with Crippen LogP contribution in [0.4, 0.5) is 10.1 Å². The molecule has 2 N–H and O–H groups in total. The number of anilines is 1. The van der Waals surface area contributed by atoms with E-state index in [-0.39, 0.29) is 5.82 Å². The molecule has 2 aromatic carbocycles. The number of hydrogen-bond donors (Lipinski definition) is 2. The second-order valence-corrected chi connectivity index (χ2v) is 8.99. The Labute approximate surface area is 201 Å². The molecule has 6 nitrogen and oxygen atoms in total. The van der Waals surface area contributed by atoms with E-state index in [1.807, 2.05) is 68.8 Å². The molecule has 35 heavy (non-hydrogen) atoms. The summed E-state index contributed by atoms with van der Waals surface area (Å²) in [5.74, 6) is -0.238. The predicted molar refractivity (Wildman–Crippen MR) is 139 cm³/mol. The van der Waals surface area contributed by atoms with E-state index in [9.17, 15) is 4.39 Å². The summed E-state index contributed by atoms with van der Waals surface area (Å²) in [4.78, 5) is 14.5. The zero-order valence-corrected chi connectivity index (χ0v) is 19.6. The Morgan fingerprint density at radius 3 is 2.54 bits per heavy atom. The summed E-state index contributed by atoms with van der Waals surface area (Å²) in [6.07, 6.45) is 5.50. The third kappa shape index (κ3) is 3.71. The van der Waals surface area contributed by atoms with Crippen LogP contribution in [0, 0.1) is 12.7 Å². The van der Waals surface area contributed by atoms with Gasteiger partial charge < -0.3 is 9.88 Å². The van der Waals surface area contributed by atoms with Gasteiger partial charge in [0.05, 0.1) is 17.6 Å². The van der Waals surface area contributed by atoms with Crippen molar-refractivity contribution in [1.82, 2.24) is 25.1 Å². The van der Waals surface area contributed by atoms with Crippen molar-refractivity contribution in [2.24, 2.45) is 0 Å². The first-order chi connectivity index (χ1) is 17.0. The molecule has 0 saturated carbocycles. The molecular formula is C28H23FN6. The number of aromatic nitrogens is 5. The third-order valence-electron chi connectivity index (χ3n) is 6.26. The van der Waals surface area contributed by atoms with Crippen molar-refractivity contribution in [3.05, 3.63) is 84.6 Å². The molecule has 0 atom stereocenters.